The topological polar surface area (TPSA) is 149 Å². The SMILES string of the molecule is N=Cc1c(Nc2ncccc2Cl)ncnc1OC(CN1CC(O)C1)C(=O)Nc1ccccn1. The molecule has 12 heteroatoms. The molecule has 1 aliphatic rings. The maximum absolute atomic E-state index is 13.0. The van der Waals surface area contributed by atoms with Crippen LogP contribution < -0.4 is 15.4 Å². The van der Waals surface area contributed by atoms with E-state index in [0.717, 1.165) is 6.21 Å². The van der Waals surface area contributed by atoms with Gasteiger partial charge in [-0.2, -0.15) is 0 Å². The van der Waals surface area contributed by atoms with E-state index in [4.69, 9.17) is 21.7 Å². The fraction of sp³-hybridized carbons (Fsp3) is 0.238. The van der Waals surface area contributed by atoms with Crippen molar-refractivity contribution in [1.82, 2.24) is 24.8 Å². The standard InChI is InChI=1S/C21H21ClN8O3/c22-15-4-3-7-25-19(15)29-18-14(8-23)21(27-12-26-18)33-16(11-30-9-13(31)10-30)20(32)28-17-5-1-2-6-24-17/h1-8,12-13,16,23,31H,9-11H2,(H,24,28,32)(H,25,26,27,29). The van der Waals surface area contributed by atoms with Crippen LogP contribution in [0.4, 0.5) is 17.5 Å². The number of rotatable bonds is 9. The Balaban J connectivity index is 1.57. The van der Waals surface area contributed by atoms with Gasteiger partial charge in [0.05, 0.1) is 16.7 Å². The molecule has 0 radical (unpaired) electrons. The van der Waals surface area contributed by atoms with Crippen molar-refractivity contribution < 1.29 is 14.6 Å². The first-order valence-electron chi connectivity index (χ1n) is 10.1. The predicted octanol–water partition coefficient (Wildman–Crippen LogP) is 1.72. The van der Waals surface area contributed by atoms with Gasteiger partial charge in [0, 0.05) is 38.2 Å². The highest BCUT2D eigenvalue weighted by molar-refractivity contribution is 6.33. The molecule has 1 saturated heterocycles. The molecule has 4 heterocycles. The Morgan fingerprint density at radius 3 is 2.73 bits per heavy atom. The summed E-state index contributed by atoms with van der Waals surface area (Å²) < 4.78 is 5.96. The van der Waals surface area contributed by atoms with Crippen molar-refractivity contribution >= 4 is 41.2 Å². The summed E-state index contributed by atoms with van der Waals surface area (Å²) in [5.74, 6) is 0.579. The second-order valence-electron chi connectivity index (χ2n) is 7.23. The quantitative estimate of drug-likeness (QED) is 0.344. The third-order valence-corrected chi connectivity index (χ3v) is 5.12. The van der Waals surface area contributed by atoms with Crippen LogP contribution in [-0.4, -0.2) is 73.9 Å². The fourth-order valence-electron chi connectivity index (χ4n) is 3.17. The summed E-state index contributed by atoms with van der Waals surface area (Å²) in [6.07, 6.45) is 3.99. The van der Waals surface area contributed by atoms with E-state index in [-0.39, 0.29) is 23.8 Å². The van der Waals surface area contributed by atoms with Crippen LogP contribution in [0.2, 0.25) is 5.02 Å². The lowest BCUT2D eigenvalue weighted by Gasteiger charge is -2.37. The lowest BCUT2D eigenvalue weighted by Crippen LogP contribution is -2.55. The van der Waals surface area contributed by atoms with Gasteiger partial charge in [-0.25, -0.2) is 19.9 Å². The number of carbonyl (C=O) groups is 1. The van der Waals surface area contributed by atoms with Crippen molar-refractivity contribution in [2.45, 2.75) is 12.2 Å². The number of carbonyl (C=O) groups excluding carboxylic acids is 1. The van der Waals surface area contributed by atoms with Crippen LogP contribution in [0.25, 0.3) is 0 Å². The molecule has 1 atom stereocenters. The van der Waals surface area contributed by atoms with Crippen LogP contribution in [0, 0.1) is 5.41 Å². The molecule has 4 rings (SSSR count). The van der Waals surface area contributed by atoms with E-state index in [1.54, 1.807) is 42.7 Å². The van der Waals surface area contributed by atoms with Crippen molar-refractivity contribution in [1.29, 1.82) is 5.41 Å². The highest BCUT2D eigenvalue weighted by atomic mass is 35.5. The van der Waals surface area contributed by atoms with Gasteiger partial charge < -0.3 is 25.9 Å². The maximum atomic E-state index is 13.0. The van der Waals surface area contributed by atoms with Crippen LogP contribution >= 0.6 is 11.6 Å². The average Bonchev–Trinajstić information content (AvgIpc) is 2.80. The Bertz CT molecular complexity index is 1130. The Kier molecular flexibility index (Phi) is 7.03. The molecule has 1 fully saturated rings. The minimum Gasteiger partial charge on any atom is -0.462 e. The third kappa shape index (κ3) is 5.58. The van der Waals surface area contributed by atoms with Crippen LogP contribution in [-0.2, 0) is 4.79 Å². The number of hydrogen-bond acceptors (Lipinski definition) is 10. The number of ether oxygens (including phenoxy) is 1. The summed E-state index contributed by atoms with van der Waals surface area (Å²) in [5, 5.41) is 23.5. The van der Waals surface area contributed by atoms with E-state index in [0.29, 0.717) is 29.7 Å². The van der Waals surface area contributed by atoms with Crippen molar-refractivity contribution in [3.8, 4) is 5.88 Å². The van der Waals surface area contributed by atoms with E-state index in [1.165, 1.54) is 6.33 Å². The van der Waals surface area contributed by atoms with Gasteiger partial charge in [-0.3, -0.25) is 9.69 Å². The summed E-state index contributed by atoms with van der Waals surface area (Å²) in [6.45, 7) is 1.08. The van der Waals surface area contributed by atoms with E-state index in [9.17, 15) is 9.90 Å². The van der Waals surface area contributed by atoms with Crippen molar-refractivity contribution in [2.24, 2.45) is 0 Å². The molecule has 170 valence electrons. The first-order chi connectivity index (χ1) is 16.0. The first kappa shape index (κ1) is 22.5. The molecule has 1 aliphatic heterocycles. The van der Waals surface area contributed by atoms with Gasteiger partial charge in [-0.05, 0) is 24.3 Å². The van der Waals surface area contributed by atoms with Crippen molar-refractivity contribution in [3.63, 3.8) is 0 Å². The Morgan fingerprint density at radius 1 is 1.21 bits per heavy atom. The molecular formula is C21H21ClN8O3. The van der Waals surface area contributed by atoms with Gasteiger partial charge in [0.2, 0.25) is 5.88 Å². The van der Waals surface area contributed by atoms with Gasteiger partial charge in [0.15, 0.2) is 6.10 Å². The molecule has 0 bridgehead atoms. The van der Waals surface area contributed by atoms with E-state index in [1.807, 2.05) is 4.90 Å². The average molecular weight is 469 g/mol. The lowest BCUT2D eigenvalue weighted by molar-refractivity contribution is -0.125. The highest BCUT2D eigenvalue weighted by Gasteiger charge is 2.32. The number of nitrogens with zero attached hydrogens (tertiary/aromatic N) is 5. The molecule has 4 N–H and O–H groups in total. The second-order valence-corrected chi connectivity index (χ2v) is 7.63. The normalized spacial score (nSPS) is 14.7. The largest absolute Gasteiger partial charge is 0.462 e. The number of aliphatic hydroxyl groups is 1. The zero-order chi connectivity index (χ0) is 23.2. The molecule has 1 amide bonds. The van der Waals surface area contributed by atoms with Gasteiger partial charge in [-0.1, -0.05) is 17.7 Å². The Hall–Kier alpha value is -3.67. The van der Waals surface area contributed by atoms with Gasteiger partial charge >= 0.3 is 0 Å². The molecule has 0 spiro atoms. The molecular weight excluding hydrogens is 448 g/mol. The Labute approximate surface area is 194 Å². The number of pyridine rings is 2. The number of hydrogen-bond donors (Lipinski definition) is 4. The van der Waals surface area contributed by atoms with Crippen LogP contribution in [0.3, 0.4) is 0 Å². The smallest absolute Gasteiger partial charge is 0.268 e. The summed E-state index contributed by atoms with van der Waals surface area (Å²) in [7, 11) is 0. The number of β-amino-alcohol motifs (C(OH)–C–C–N with tert-alkyl or cyclic N) is 1. The Morgan fingerprint density at radius 2 is 2.03 bits per heavy atom. The predicted molar refractivity (Wildman–Crippen MR) is 122 cm³/mol. The number of amides is 1. The van der Waals surface area contributed by atoms with Crippen molar-refractivity contribution in [2.75, 3.05) is 30.3 Å². The number of anilines is 3. The first-order valence-corrected chi connectivity index (χ1v) is 10.4. The minimum absolute atomic E-state index is 0.0387. The zero-order valence-corrected chi connectivity index (χ0v) is 18.1. The number of likely N-dealkylation sites (tertiary alicyclic amines) is 1. The number of aromatic nitrogens is 4. The van der Waals surface area contributed by atoms with Crippen molar-refractivity contribution in [3.05, 3.63) is 59.6 Å². The molecule has 3 aromatic heterocycles. The van der Waals surface area contributed by atoms with Gasteiger partial charge in [-0.15, -0.1) is 0 Å². The molecule has 0 aliphatic carbocycles. The molecule has 3 aromatic rings. The second kappa shape index (κ2) is 10.3. The number of nitrogens with one attached hydrogen (secondary N) is 3. The van der Waals surface area contributed by atoms with Crippen LogP contribution in [0.15, 0.2) is 49.1 Å². The van der Waals surface area contributed by atoms with Crippen LogP contribution in [0.1, 0.15) is 5.56 Å². The fourth-order valence-corrected chi connectivity index (χ4v) is 3.34. The molecule has 1 unspecified atom stereocenters. The van der Waals surface area contributed by atoms with Crippen LogP contribution in [0.5, 0.6) is 5.88 Å². The minimum atomic E-state index is -0.987. The van der Waals surface area contributed by atoms with E-state index >= 15 is 0 Å². The van der Waals surface area contributed by atoms with Gasteiger partial charge in [0.25, 0.3) is 5.91 Å². The molecule has 33 heavy (non-hydrogen) atoms. The zero-order valence-electron chi connectivity index (χ0n) is 17.3. The number of aliphatic hydroxyl groups excluding tert-OH is 1. The summed E-state index contributed by atoms with van der Waals surface area (Å²) >= 11 is 6.16. The molecule has 0 saturated carbocycles. The lowest BCUT2D eigenvalue weighted by atomic mass is 10.1. The van der Waals surface area contributed by atoms with E-state index in [2.05, 4.69) is 30.6 Å². The van der Waals surface area contributed by atoms with Gasteiger partial charge in [0.1, 0.15) is 23.8 Å². The maximum Gasteiger partial charge on any atom is 0.268 e. The molecule has 0 aromatic carbocycles. The summed E-state index contributed by atoms with van der Waals surface area (Å²) in [5.41, 5.74) is 0.221. The van der Waals surface area contributed by atoms with E-state index < -0.39 is 18.1 Å². The molecule has 11 nitrogen and oxygen atoms in total. The monoisotopic (exact) mass is 468 g/mol. The highest BCUT2D eigenvalue weighted by Crippen LogP contribution is 2.27. The summed E-state index contributed by atoms with van der Waals surface area (Å²) in [6, 6.07) is 8.51. The number of halogens is 1. The third-order valence-electron chi connectivity index (χ3n) is 4.81. The summed E-state index contributed by atoms with van der Waals surface area (Å²) in [4.78, 5) is 31.4.